The molecule has 1 aromatic heterocycles. The Morgan fingerprint density at radius 1 is 1.12 bits per heavy atom. The molecule has 2 aliphatic rings. The molecule has 0 fully saturated rings. The highest BCUT2D eigenvalue weighted by atomic mass is 15.0. The van der Waals surface area contributed by atoms with Crippen LogP contribution in [0.1, 0.15) is 29.9 Å². The number of dihydropyridines is 1. The molecule has 1 aromatic rings. The van der Waals surface area contributed by atoms with E-state index >= 15 is 0 Å². The van der Waals surface area contributed by atoms with Gasteiger partial charge in [0.2, 0.25) is 0 Å². The molecule has 16 heavy (non-hydrogen) atoms. The lowest BCUT2D eigenvalue weighted by Crippen LogP contribution is -2.26. The van der Waals surface area contributed by atoms with Crippen molar-refractivity contribution in [2.45, 2.75) is 19.9 Å². The van der Waals surface area contributed by atoms with Crippen LogP contribution in [0.4, 0.5) is 0 Å². The van der Waals surface area contributed by atoms with Crippen LogP contribution in [0.2, 0.25) is 0 Å². The number of pyridine rings is 1. The van der Waals surface area contributed by atoms with Crippen LogP contribution < -0.4 is 5.32 Å². The Labute approximate surface area is 95.4 Å². The highest BCUT2D eigenvalue weighted by molar-refractivity contribution is 5.63. The Morgan fingerprint density at radius 3 is 2.88 bits per heavy atom. The molecule has 0 bridgehead atoms. The second-order valence-electron chi connectivity index (χ2n) is 4.35. The summed E-state index contributed by atoms with van der Waals surface area (Å²) in [6.07, 6.45) is 8.58. The van der Waals surface area contributed by atoms with Crippen molar-refractivity contribution in [3.05, 3.63) is 58.6 Å². The number of allylic oxidation sites excluding steroid dienone is 3. The van der Waals surface area contributed by atoms with Crippen molar-refractivity contribution in [2.75, 3.05) is 0 Å². The van der Waals surface area contributed by atoms with Crippen molar-refractivity contribution >= 4 is 6.08 Å². The van der Waals surface area contributed by atoms with Gasteiger partial charge in [-0.25, -0.2) is 0 Å². The lowest BCUT2D eigenvalue weighted by Gasteiger charge is -2.28. The van der Waals surface area contributed by atoms with Gasteiger partial charge in [-0.15, -0.1) is 0 Å². The summed E-state index contributed by atoms with van der Waals surface area (Å²) in [5.74, 6) is 0. The number of hydrogen-bond acceptors (Lipinski definition) is 2. The molecule has 1 aliphatic carbocycles. The third-order valence-corrected chi connectivity index (χ3v) is 3.06. The van der Waals surface area contributed by atoms with Gasteiger partial charge in [-0.2, -0.15) is 0 Å². The summed E-state index contributed by atoms with van der Waals surface area (Å²) < 4.78 is 0. The van der Waals surface area contributed by atoms with Crippen molar-refractivity contribution in [3.8, 4) is 0 Å². The summed E-state index contributed by atoms with van der Waals surface area (Å²) in [6, 6.07) is 4.42. The van der Waals surface area contributed by atoms with Crippen molar-refractivity contribution in [3.63, 3.8) is 0 Å². The fourth-order valence-corrected chi connectivity index (χ4v) is 2.20. The van der Waals surface area contributed by atoms with E-state index in [0.717, 1.165) is 11.4 Å². The van der Waals surface area contributed by atoms with E-state index in [1.54, 1.807) is 0 Å². The topological polar surface area (TPSA) is 24.9 Å². The first-order valence-corrected chi connectivity index (χ1v) is 5.55. The third-order valence-electron chi connectivity index (χ3n) is 3.06. The minimum atomic E-state index is 0.227. The van der Waals surface area contributed by atoms with E-state index in [4.69, 9.17) is 0 Å². The van der Waals surface area contributed by atoms with Gasteiger partial charge in [-0.1, -0.05) is 24.3 Å². The zero-order chi connectivity index (χ0) is 11.1. The molecule has 1 aliphatic heterocycles. The van der Waals surface area contributed by atoms with Crippen LogP contribution in [0.3, 0.4) is 0 Å². The molecule has 80 valence electrons. The van der Waals surface area contributed by atoms with Crippen LogP contribution in [0.5, 0.6) is 0 Å². The molecule has 2 heteroatoms. The SMILES string of the molecule is CC1=CC=C2C=Cc3ccc(C)nc3C2N1. The average molecular weight is 210 g/mol. The van der Waals surface area contributed by atoms with Gasteiger partial charge in [0.05, 0.1) is 11.7 Å². The van der Waals surface area contributed by atoms with Gasteiger partial charge in [0.1, 0.15) is 0 Å². The predicted octanol–water partition coefficient (Wildman–Crippen LogP) is 2.89. The number of fused-ring (bicyclic) bond motifs is 3. The Hall–Kier alpha value is -1.83. The highest BCUT2D eigenvalue weighted by Crippen LogP contribution is 2.33. The lowest BCUT2D eigenvalue weighted by molar-refractivity contribution is 0.654. The normalized spacial score (nSPS) is 21.5. The standard InChI is InChI=1S/C14H14N2/c1-9-3-5-11-7-8-12-6-4-10(2)16-14(12)13(11)15-9/h3-8,13,15H,1-2H3. The number of nitrogens with zero attached hydrogens (tertiary/aromatic N) is 1. The minimum Gasteiger partial charge on any atom is -0.376 e. The summed E-state index contributed by atoms with van der Waals surface area (Å²) in [7, 11) is 0. The van der Waals surface area contributed by atoms with Gasteiger partial charge in [-0.05, 0) is 37.1 Å². The Bertz CT molecular complexity index is 536. The molecule has 0 saturated carbocycles. The smallest absolute Gasteiger partial charge is 0.0943 e. The molecular formula is C14H14N2. The van der Waals surface area contributed by atoms with Crippen molar-refractivity contribution in [1.29, 1.82) is 0 Å². The van der Waals surface area contributed by atoms with Gasteiger partial charge < -0.3 is 5.32 Å². The van der Waals surface area contributed by atoms with Crippen LogP contribution >= 0.6 is 0 Å². The van der Waals surface area contributed by atoms with Crippen LogP contribution in [0.15, 0.2) is 41.6 Å². The molecule has 0 radical (unpaired) electrons. The number of hydrogen-bond donors (Lipinski definition) is 1. The Balaban J connectivity index is 2.15. The third kappa shape index (κ3) is 1.38. The fourth-order valence-electron chi connectivity index (χ4n) is 2.20. The molecule has 2 heterocycles. The summed E-state index contributed by atoms with van der Waals surface area (Å²) in [4.78, 5) is 4.65. The first kappa shape index (κ1) is 9.40. The highest BCUT2D eigenvalue weighted by Gasteiger charge is 2.23. The summed E-state index contributed by atoms with van der Waals surface area (Å²) in [5, 5.41) is 3.48. The molecule has 0 aromatic carbocycles. The van der Waals surface area contributed by atoms with Crippen molar-refractivity contribution in [2.24, 2.45) is 0 Å². The van der Waals surface area contributed by atoms with Gasteiger partial charge in [0, 0.05) is 11.4 Å². The fraction of sp³-hybridized carbons (Fsp3) is 0.214. The van der Waals surface area contributed by atoms with Gasteiger partial charge in [-0.3, -0.25) is 4.98 Å². The van der Waals surface area contributed by atoms with Crippen LogP contribution in [0, 0.1) is 6.92 Å². The van der Waals surface area contributed by atoms with E-state index in [2.05, 4.69) is 53.7 Å². The van der Waals surface area contributed by atoms with Gasteiger partial charge in [0.25, 0.3) is 0 Å². The molecule has 1 N–H and O–H groups in total. The quantitative estimate of drug-likeness (QED) is 0.712. The molecule has 3 rings (SSSR count). The number of nitrogens with one attached hydrogen (secondary N) is 1. The Kier molecular flexibility index (Phi) is 1.96. The zero-order valence-electron chi connectivity index (χ0n) is 9.49. The van der Waals surface area contributed by atoms with Gasteiger partial charge in [0.15, 0.2) is 0 Å². The largest absolute Gasteiger partial charge is 0.376 e. The van der Waals surface area contributed by atoms with Crippen LogP contribution in [0.25, 0.3) is 6.08 Å². The molecule has 0 saturated heterocycles. The first-order chi connectivity index (χ1) is 7.74. The lowest BCUT2D eigenvalue weighted by atomic mass is 9.91. The summed E-state index contributed by atoms with van der Waals surface area (Å²) in [5.41, 5.74) is 5.91. The average Bonchev–Trinajstić information content (AvgIpc) is 2.29. The van der Waals surface area contributed by atoms with Gasteiger partial charge >= 0.3 is 0 Å². The predicted molar refractivity (Wildman–Crippen MR) is 65.7 cm³/mol. The monoisotopic (exact) mass is 210 g/mol. The van der Waals surface area contributed by atoms with E-state index in [1.165, 1.54) is 16.8 Å². The second-order valence-corrected chi connectivity index (χ2v) is 4.35. The summed E-state index contributed by atoms with van der Waals surface area (Å²) >= 11 is 0. The van der Waals surface area contributed by atoms with E-state index < -0.39 is 0 Å². The molecular weight excluding hydrogens is 196 g/mol. The maximum Gasteiger partial charge on any atom is 0.0943 e. The molecule has 0 spiro atoms. The maximum absolute atomic E-state index is 4.65. The van der Waals surface area contributed by atoms with E-state index in [9.17, 15) is 0 Å². The zero-order valence-corrected chi connectivity index (χ0v) is 9.49. The molecule has 1 unspecified atom stereocenters. The van der Waals surface area contributed by atoms with E-state index in [0.29, 0.717) is 0 Å². The number of aryl methyl sites for hydroxylation is 1. The minimum absolute atomic E-state index is 0.227. The van der Waals surface area contributed by atoms with Crippen molar-refractivity contribution < 1.29 is 0 Å². The molecule has 2 nitrogen and oxygen atoms in total. The number of rotatable bonds is 0. The number of aromatic nitrogens is 1. The molecule has 1 atom stereocenters. The first-order valence-electron chi connectivity index (χ1n) is 5.55. The second kappa shape index (κ2) is 3.34. The van der Waals surface area contributed by atoms with Crippen molar-refractivity contribution in [1.82, 2.24) is 10.3 Å². The van der Waals surface area contributed by atoms with Crippen LogP contribution in [-0.4, -0.2) is 4.98 Å². The van der Waals surface area contributed by atoms with E-state index in [1.807, 2.05) is 6.92 Å². The summed E-state index contributed by atoms with van der Waals surface area (Å²) in [6.45, 7) is 4.12. The Morgan fingerprint density at radius 2 is 2.00 bits per heavy atom. The van der Waals surface area contributed by atoms with E-state index in [-0.39, 0.29) is 6.04 Å². The molecule has 0 amide bonds. The maximum atomic E-state index is 4.65. The van der Waals surface area contributed by atoms with Crippen LogP contribution in [-0.2, 0) is 0 Å².